The smallest absolute Gasteiger partial charge is 0.295 e. The van der Waals surface area contributed by atoms with Crippen molar-refractivity contribution in [3.05, 3.63) is 108 Å². The summed E-state index contributed by atoms with van der Waals surface area (Å²) >= 11 is 0. The Hall–Kier alpha value is -4.25. The van der Waals surface area contributed by atoms with Crippen molar-refractivity contribution in [2.24, 2.45) is 0 Å². The predicted octanol–water partition coefficient (Wildman–Crippen LogP) is 5.65. The first-order valence-electron chi connectivity index (χ1n) is 10.1. The number of nitrogens with one attached hydrogen (secondary N) is 1. The van der Waals surface area contributed by atoms with Crippen molar-refractivity contribution < 1.29 is 4.79 Å². The van der Waals surface area contributed by atoms with Gasteiger partial charge in [0, 0.05) is 11.3 Å². The van der Waals surface area contributed by atoms with E-state index in [1.807, 2.05) is 104 Å². The van der Waals surface area contributed by atoms with Gasteiger partial charge in [0.25, 0.3) is 5.91 Å². The molecule has 1 amide bonds. The van der Waals surface area contributed by atoms with Crippen molar-refractivity contribution in [3.63, 3.8) is 0 Å². The molecule has 0 atom stereocenters. The van der Waals surface area contributed by atoms with E-state index in [0.717, 1.165) is 27.6 Å². The lowest BCUT2D eigenvalue weighted by atomic mass is 10.1. The number of carbonyl (C=O) groups excluding carboxylic acids is 1. The van der Waals surface area contributed by atoms with Crippen LogP contribution >= 0.6 is 0 Å². The molecule has 0 bridgehead atoms. The van der Waals surface area contributed by atoms with Crippen LogP contribution in [0.4, 0.5) is 5.69 Å². The molecule has 0 aliphatic carbocycles. The van der Waals surface area contributed by atoms with Crippen LogP contribution in [0.25, 0.3) is 27.8 Å². The molecule has 1 heterocycles. The lowest BCUT2D eigenvalue weighted by molar-refractivity contribution is 0.101. The molecule has 0 fully saturated rings. The zero-order chi connectivity index (χ0) is 21.2. The van der Waals surface area contributed by atoms with Crippen molar-refractivity contribution in [1.29, 1.82) is 0 Å². The molecule has 0 unspecified atom stereocenters. The minimum atomic E-state index is -0.347. The van der Waals surface area contributed by atoms with Crippen LogP contribution in [-0.2, 0) is 0 Å². The normalized spacial score (nSPS) is 10.9. The van der Waals surface area contributed by atoms with Crippen LogP contribution in [0, 0.1) is 6.92 Å². The summed E-state index contributed by atoms with van der Waals surface area (Å²) in [7, 11) is 0. The Morgan fingerprint density at radius 1 is 0.806 bits per heavy atom. The molecule has 0 saturated heterocycles. The molecule has 1 N–H and O–H groups in total. The van der Waals surface area contributed by atoms with Crippen LogP contribution in [0.2, 0.25) is 0 Å². The molecule has 5 rings (SSSR count). The highest BCUT2D eigenvalue weighted by atomic mass is 16.2. The average molecular weight is 404 g/mol. The molecular formula is C26H20N4O. The van der Waals surface area contributed by atoms with E-state index in [1.165, 1.54) is 0 Å². The molecule has 5 aromatic rings. The van der Waals surface area contributed by atoms with Gasteiger partial charge in [-0.3, -0.25) is 4.79 Å². The van der Waals surface area contributed by atoms with Crippen LogP contribution in [-0.4, -0.2) is 20.7 Å². The fraction of sp³-hybridized carbons (Fsp3) is 0.0385. The first-order valence-corrected chi connectivity index (χ1v) is 10.1. The van der Waals surface area contributed by atoms with Gasteiger partial charge in [0.15, 0.2) is 5.82 Å². The highest BCUT2D eigenvalue weighted by molar-refractivity contribution is 6.03. The number of aromatic nitrogens is 3. The van der Waals surface area contributed by atoms with E-state index in [0.29, 0.717) is 11.5 Å². The molecule has 0 spiro atoms. The SMILES string of the molecule is Cc1ccccc1-n1nc(C(=O)Nc2ccc3ccccc3c2)nc1-c1ccccc1. The maximum absolute atomic E-state index is 13.0. The van der Waals surface area contributed by atoms with Gasteiger partial charge in [0.1, 0.15) is 0 Å². The molecule has 0 aliphatic heterocycles. The number of para-hydroxylation sites is 1. The van der Waals surface area contributed by atoms with Crippen LogP contribution in [0.5, 0.6) is 0 Å². The maximum atomic E-state index is 13.0. The van der Waals surface area contributed by atoms with Crippen LogP contribution in [0.1, 0.15) is 16.2 Å². The van der Waals surface area contributed by atoms with Crippen molar-refractivity contribution in [1.82, 2.24) is 14.8 Å². The van der Waals surface area contributed by atoms with Gasteiger partial charge < -0.3 is 5.32 Å². The number of aryl methyl sites for hydroxylation is 1. The van der Waals surface area contributed by atoms with Crippen LogP contribution in [0.15, 0.2) is 97.1 Å². The molecular weight excluding hydrogens is 384 g/mol. The Morgan fingerprint density at radius 2 is 1.52 bits per heavy atom. The van der Waals surface area contributed by atoms with Gasteiger partial charge in [-0.1, -0.05) is 78.9 Å². The van der Waals surface area contributed by atoms with Gasteiger partial charge in [-0.25, -0.2) is 9.67 Å². The average Bonchev–Trinajstić information content (AvgIpc) is 3.25. The summed E-state index contributed by atoms with van der Waals surface area (Å²) in [5.41, 5.74) is 3.53. The van der Waals surface area contributed by atoms with Crippen molar-refractivity contribution in [2.45, 2.75) is 6.92 Å². The second-order valence-corrected chi connectivity index (χ2v) is 7.34. The minimum Gasteiger partial charge on any atom is -0.319 e. The van der Waals surface area contributed by atoms with Gasteiger partial charge in [0.2, 0.25) is 5.82 Å². The number of carbonyl (C=O) groups is 1. The number of amides is 1. The van der Waals surface area contributed by atoms with Gasteiger partial charge in [0.05, 0.1) is 5.69 Å². The van der Waals surface area contributed by atoms with E-state index in [-0.39, 0.29) is 11.7 Å². The Bertz CT molecular complexity index is 1390. The van der Waals surface area contributed by atoms with Gasteiger partial charge in [-0.2, -0.15) is 0 Å². The highest BCUT2D eigenvalue weighted by Crippen LogP contribution is 2.24. The third-order valence-electron chi connectivity index (χ3n) is 5.19. The van der Waals surface area contributed by atoms with Gasteiger partial charge >= 0.3 is 0 Å². The molecule has 1 aromatic heterocycles. The number of hydrogen-bond acceptors (Lipinski definition) is 3. The van der Waals surface area contributed by atoms with E-state index in [9.17, 15) is 4.79 Å². The van der Waals surface area contributed by atoms with Gasteiger partial charge in [-0.15, -0.1) is 5.10 Å². The van der Waals surface area contributed by atoms with E-state index in [2.05, 4.69) is 15.4 Å². The summed E-state index contributed by atoms with van der Waals surface area (Å²) in [6, 6.07) is 31.5. The van der Waals surface area contributed by atoms with E-state index in [1.54, 1.807) is 4.68 Å². The van der Waals surface area contributed by atoms with E-state index < -0.39 is 0 Å². The lowest BCUT2D eigenvalue weighted by Crippen LogP contribution is -2.14. The largest absolute Gasteiger partial charge is 0.319 e. The number of fused-ring (bicyclic) bond motifs is 1. The predicted molar refractivity (Wildman–Crippen MR) is 123 cm³/mol. The van der Waals surface area contributed by atoms with Crippen LogP contribution in [0.3, 0.4) is 0 Å². The number of nitrogens with zero attached hydrogens (tertiary/aromatic N) is 3. The van der Waals surface area contributed by atoms with E-state index >= 15 is 0 Å². The Labute approximate surface area is 180 Å². The summed E-state index contributed by atoms with van der Waals surface area (Å²) < 4.78 is 1.74. The van der Waals surface area contributed by atoms with Crippen molar-refractivity contribution in [3.8, 4) is 17.1 Å². The first kappa shape index (κ1) is 18.8. The summed E-state index contributed by atoms with van der Waals surface area (Å²) in [5.74, 6) is 0.397. The number of rotatable bonds is 4. The molecule has 0 saturated carbocycles. The Balaban J connectivity index is 1.54. The Kier molecular flexibility index (Phi) is 4.77. The molecule has 5 heteroatoms. The number of hydrogen-bond donors (Lipinski definition) is 1. The molecule has 4 aromatic carbocycles. The van der Waals surface area contributed by atoms with Crippen molar-refractivity contribution >= 4 is 22.4 Å². The quantitative estimate of drug-likeness (QED) is 0.421. The summed E-state index contributed by atoms with van der Waals surface area (Å²) in [5, 5.41) is 9.68. The molecule has 0 aliphatic rings. The zero-order valence-electron chi connectivity index (χ0n) is 17.0. The van der Waals surface area contributed by atoms with Crippen molar-refractivity contribution in [2.75, 3.05) is 5.32 Å². The fourth-order valence-electron chi connectivity index (χ4n) is 3.61. The van der Waals surface area contributed by atoms with Crippen LogP contribution < -0.4 is 5.32 Å². The summed E-state index contributed by atoms with van der Waals surface area (Å²) in [6.45, 7) is 2.01. The minimum absolute atomic E-state index is 0.121. The standard InChI is InChI=1S/C26H20N4O/c1-18-9-5-8-14-23(18)30-25(20-11-3-2-4-12-20)28-24(29-30)26(31)27-22-16-15-19-10-6-7-13-21(19)17-22/h2-17H,1H3,(H,27,31). The first-order chi connectivity index (χ1) is 15.2. The molecule has 0 radical (unpaired) electrons. The van der Waals surface area contributed by atoms with E-state index in [4.69, 9.17) is 0 Å². The third kappa shape index (κ3) is 3.69. The fourth-order valence-corrected chi connectivity index (χ4v) is 3.61. The molecule has 150 valence electrons. The summed E-state index contributed by atoms with van der Waals surface area (Å²) in [4.78, 5) is 17.6. The topological polar surface area (TPSA) is 59.8 Å². The number of anilines is 1. The molecule has 31 heavy (non-hydrogen) atoms. The second-order valence-electron chi connectivity index (χ2n) is 7.34. The lowest BCUT2D eigenvalue weighted by Gasteiger charge is -2.08. The monoisotopic (exact) mass is 404 g/mol. The Morgan fingerprint density at radius 3 is 2.32 bits per heavy atom. The second kappa shape index (κ2) is 7.88. The zero-order valence-corrected chi connectivity index (χ0v) is 17.0. The molecule has 5 nitrogen and oxygen atoms in total. The summed E-state index contributed by atoms with van der Waals surface area (Å²) in [6.07, 6.45) is 0. The number of benzene rings is 4. The highest BCUT2D eigenvalue weighted by Gasteiger charge is 2.19. The maximum Gasteiger partial charge on any atom is 0.295 e. The van der Waals surface area contributed by atoms with Gasteiger partial charge in [-0.05, 0) is 41.5 Å². The third-order valence-corrected chi connectivity index (χ3v) is 5.19.